The van der Waals surface area contributed by atoms with Gasteiger partial charge in [-0.1, -0.05) is 66.3 Å². The van der Waals surface area contributed by atoms with Crippen molar-refractivity contribution in [3.8, 4) is 0 Å². The zero-order valence-electron chi connectivity index (χ0n) is 17.1. The van der Waals surface area contributed by atoms with Crippen molar-refractivity contribution in [3.63, 3.8) is 0 Å². The first-order valence-electron chi connectivity index (χ1n) is 8.53. The number of hydrogen-bond donors (Lipinski definition) is 3. The minimum atomic E-state index is -4.64. The van der Waals surface area contributed by atoms with Gasteiger partial charge in [-0.05, 0) is 24.7 Å². The highest BCUT2D eigenvalue weighted by atomic mass is 19.4. The van der Waals surface area contributed by atoms with Crippen LogP contribution in [0.5, 0.6) is 0 Å². The standard InChI is InChI=1S/C7H11F3O.C7H14O.C6H12O/c1-4-6(11,5(2)3)7(8,9)10;1-5-7(4,8)6(2)3;1-4-6(7)5(2)3/h4-5,11H,1H2,2-3H3;5-6,8H,1H2,2-4H3;4-7H,1H2,2-3H3. The second kappa shape index (κ2) is 12.3. The van der Waals surface area contributed by atoms with Gasteiger partial charge in [-0.15, -0.1) is 13.2 Å². The van der Waals surface area contributed by atoms with Gasteiger partial charge in [0.1, 0.15) is 0 Å². The molecular formula is C20H37F3O3. The van der Waals surface area contributed by atoms with Gasteiger partial charge in [0.25, 0.3) is 0 Å². The molecule has 3 atom stereocenters. The molecule has 0 amide bonds. The fourth-order valence-electron chi connectivity index (χ4n) is 1.19. The molecule has 0 saturated heterocycles. The minimum absolute atomic E-state index is 0.250. The summed E-state index contributed by atoms with van der Waals surface area (Å²) in [4.78, 5) is 0. The number of halogens is 3. The number of rotatable bonds is 6. The molecule has 0 aromatic carbocycles. The van der Waals surface area contributed by atoms with Gasteiger partial charge in [0.05, 0.1) is 11.7 Å². The lowest BCUT2D eigenvalue weighted by Gasteiger charge is -2.30. The van der Waals surface area contributed by atoms with Crippen LogP contribution >= 0.6 is 0 Å². The normalized spacial score (nSPS) is 17.1. The SMILES string of the molecule is C=CC(C)(O)C(C)C.C=CC(O)(C(C)C)C(F)(F)F.C=CC(O)C(C)C. The molecule has 0 heterocycles. The van der Waals surface area contributed by atoms with Crippen molar-refractivity contribution in [2.24, 2.45) is 17.8 Å². The molecule has 156 valence electrons. The van der Waals surface area contributed by atoms with E-state index in [0.29, 0.717) is 12.0 Å². The summed E-state index contributed by atoms with van der Waals surface area (Å²) in [5.74, 6) is -0.363. The minimum Gasteiger partial charge on any atom is -0.389 e. The lowest BCUT2D eigenvalue weighted by Crippen LogP contribution is -2.47. The van der Waals surface area contributed by atoms with Gasteiger partial charge in [-0.25, -0.2) is 0 Å². The van der Waals surface area contributed by atoms with Crippen LogP contribution in [0.2, 0.25) is 0 Å². The summed E-state index contributed by atoms with van der Waals surface area (Å²) in [5.41, 5.74) is -3.45. The van der Waals surface area contributed by atoms with Gasteiger partial charge >= 0.3 is 6.18 Å². The number of hydrogen-bond acceptors (Lipinski definition) is 3. The van der Waals surface area contributed by atoms with Crippen molar-refractivity contribution in [2.75, 3.05) is 0 Å². The molecule has 0 rings (SSSR count). The predicted octanol–water partition coefficient (Wildman–Crippen LogP) is 4.89. The molecule has 0 bridgehead atoms. The summed E-state index contributed by atoms with van der Waals surface area (Å²) in [6, 6.07) is 0. The first-order chi connectivity index (χ1) is 11.4. The Morgan fingerprint density at radius 3 is 1.19 bits per heavy atom. The summed E-state index contributed by atoms with van der Waals surface area (Å²) in [5, 5.41) is 27.1. The maximum atomic E-state index is 12.0. The molecule has 0 saturated carbocycles. The van der Waals surface area contributed by atoms with Crippen LogP contribution in [0.3, 0.4) is 0 Å². The highest BCUT2D eigenvalue weighted by Gasteiger charge is 2.53. The van der Waals surface area contributed by atoms with E-state index in [1.807, 2.05) is 27.7 Å². The zero-order chi connectivity index (χ0) is 21.9. The van der Waals surface area contributed by atoms with Crippen molar-refractivity contribution in [1.29, 1.82) is 0 Å². The molecule has 0 aliphatic carbocycles. The smallest absolute Gasteiger partial charge is 0.389 e. The highest BCUT2D eigenvalue weighted by molar-refractivity contribution is 5.03. The summed E-state index contributed by atoms with van der Waals surface area (Å²) in [6.45, 7) is 22.0. The Balaban J connectivity index is -0.000000315. The van der Waals surface area contributed by atoms with Crippen LogP contribution in [0.1, 0.15) is 48.5 Å². The first kappa shape index (κ1) is 29.6. The number of aliphatic hydroxyl groups excluding tert-OH is 1. The first-order valence-corrected chi connectivity index (χ1v) is 8.53. The molecule has 0 radical (unpaired) electrons. The molecule has 3 N–H and O–H groups in total. The second-order valence-corrected chi connectivity index (χ2v) is 7.24. The van der Waals surface area contributed by atoms with Crippen LogP contribution in [-0.2, 0) is 0 Å². The third-order valence-electron chi connectivity index (χ3n) is 4.15. The van der Waals surface area contributed by atoms with Crippen LogP contribution in [-0.4, -0.2) is 38.8 Å². The molecule has 3 nitrogen and oxygen atoms in total. The van der Waals surface area contributed by atoms with Crippen molar-refractivity contribution in [2.45, 2.75) is 71.9 Å². The largest absolute Gasteiger partial charge is 0.421 e. The second-order valence-electron chi connectivity index (χ2n) is 7.24. The third-order valence-corrected chi connectivity index (χ3v) is 4.15. The summed E-state index contributed by atoms with van der Waals surface area (Å²) < 4.78 is 36.1. The van der Waals surface area contributed by atoms with Gasteiger partial charge < -0.3 is 15.3 Å². The molecule has 0 fully saturated rings. The molecule has 0 aromatic heterocycles. The van der Waals surface area contributed by atoms with E-state index in [0.717, 1.165) is 0 Å². The van der Waals surface area contributed by atoms with Gasteiger partial charge in [0.15, 0.2) is 5.60 Å². The highest BCUT2D eigenvalue weighted by Crippen LogP contribution is 2.36. The monoisotopic (exact) mass is 382 g/mol. The number of aliphatic hydroxyl groups is 3. The van der Waals surface area contributed by atoms with E-state index in [2.05, 4.69) is 19.7 Å². The fourth-order valence-corrected chi connectivity index (χ4v) is 1.19. The summed E-state index contributed by atoms with van der Waals surface area (Å²) >= 11 is 0. The van der Waals surface area contributed by atoms with Gasteiger partial charge in [0.2, 0.25) is 0 Å². The van der Waals surface area contributed by atoms with Crippen LogP contribution < -0.4 is 0 Å². The third kappa shape index (κ3) is 10.8. The van der Waals surface area contributed by atoms with E-state index in [-0.39, 0.29) is 12.0 Å². The van der Waals surface area contributed by atoms with E-state index >= 15 is 0 Å². The Hall–Kier alpha value is -1.11. The fraction of sp³-hybridized carbons (Fsp3) is 0.700. The van der Waals surface area contributed by atoms with Crippen LogP contribution in [0.15, 0.2) is 38.0 Å². The molecule has 6 heteroatoms. The van der Waals surface area contributed by atoms with Crippen molar-refractivity contribution >= 4 is 0 Å². The molecule has 3 unspecified atom stereocenters. The summed E-state index contributed by atoms with van der Waals surface area (Å²) in [6.07, 6.45) is -1.33. The van der Waals surface area contributed by atoms with E-state index in [9.17, 15) is 18.3 Å². The maximum Gasteiger partial charge on any atom is 0.421 e. The molecule has 0 aliphatic heterocycles. The Kier molecular flexibility index (Phi) is 14.0. The Bertz CT molecular complexity index is 413. The van der Waals surface area contributed by atoms with E-state index in [1.54, 1.807) is 19.1 Å². The summed E-state index contributed by atoms with van der Waals surface area (Å²) in [7, 11) is 0. The topological polar surface area (TPSA) is 60.7 Å². The molecular weight excluding hydrogens is 345 g/mol. The Labute approximate surface area is 156 Å². The molecule has 0 aromatic rings. The average molecular weight is 383 g/mol. The Morgan fingerprint density at radius 1 is 0.808 bits per heavy atom. The van der Waals surface area contributed by atoms with Crippen LogP contribution in [0, 0.1) is 17.8 Å². The van der Waals surface area contributed by atoms with Crippen molar-refractivity contribution in [1.82, 2.24) is 0 Å². The van der Waals surface area contributed by atoms with Crippen LogP contribution in [0.25, 0.3) is 0 Å². The van der Waals surface area contributed by atoms with Crippen molar-refractivity contribution < 1.29 is 28.5 Å². The quantitative estimate of drug-likeness (QED) is 0.573. The Morgan fingerprint density at radius 2 is 1.19 bits per heavy atom. The van der Waals surface area contributed by atoms with Gasteiger partial charge in [-0.2, -0.15) is 13.2 Å². The van der Waals surface area contributed by atoms with E-state index in [1.165, 1.54) is 13.8 Å². The van der Waals surface area contributed by atoms with Crippen LogP contribution in [0.4, 0.5) is 13.2 Å². The lowest BCUT2D eigenvalue weighted by atomic mass is 9.90. The average Bonchev–Trinajstić information content (AvgIpc) is 2.52. The lowest BCUT2D eigenvalue weighted by molar-refractivity contribution is -0.254. The van der Waals surface area contributed by atoms with Gasteiger partial charge in [-0.3, -0.25) is 0 Å². The zero-order valence-corrected chi connectivity index (χ0v) is 17.1. The number of alkyl halides is 3. The van der Waals surface area contributed by atoms with E-state index < -0.39 is 23.3 Å². The molecule has 0 aliphatic rings. The van der Waals surface area contributed by atoms with E-state index in [4.69, 9.17) is 10.2 Å². The van der Waals surface area contributed by atoms with Crippen molar-refractivity contribution in [3.05, 3.63) is 38.0 Å². The predicted molar refractivity (Wildman–Crippen MR) is 103 cm³/mol. The molecule has 26 heavy (non-hydrogen) atoms. The molecule has 0 spiro atoms. The maximum absolute atomic E-state index is 12.0. The van der Waals surface area contributed by atoms with Gasteiger partial charge in [0, 0.05) is 0 Å².